The van der Waals surface area contributed by atoms with Crippen molar-refractivity contribution in [2.75, 3.05) is 25.1 Å². The van der Waals surface area contributed by atoms with Crippen LogP contribution in [0, 0.1) is 5.92 Å². The molecule has 7 heteroatoms. The Morgan fingerprint density at radius 1 is 1.42 bits per heavy atom. The van der Waals surface area contributed by atoms with Crippen molar-refractivity contribution in [3.05, 3.63) is 42.5 Å². The summed E-state index contributed by atoms with van der Waals surface area (Å²) in [6, 6.07) is 7.27. The summed E-state index contributed by atoms with van der Waals surface area (Å²) in [6.45, 7) is 0.913. The molecule has 1 saturated heterocycles. The van der Waals surface area contributed by atoms with Gasteiger partial charge in [0.05, 0.1) is 25.0 Å². The molecule has 2 amide bonds. The molecule has 2 N–H and O–H groups in total. The Bertz CT molecular complexity index is 697. The Kier molecular flexibility index (Phi) is 4.79. The number of H-pyrrole nitrogens is 1. The average molecular weight is 328 g/mol. The molecular formula is C17H20N4O3. The number of ether oxygens (including phenoxy) is 1. The number of carbonyl (C=O) groups is 2. The van der Waals surface area contributed by atoms with Gasteiger partial charge in [0.15, 0.2) is 0 Å². The van der Waals surface area contributed by atoms with Gasteiger partial charge in [0.1, 0.15) is 5.75 Å². The number of benzene rings is 1. The third-order valence-electron chi connectivity index (χ3n) is 4.12. The number of methoxy groups -OCH3 is 1. The monoisotopic (exact) mass is 328 g/mol. The second kappa shape index (κ2) is 7.16. The highest BCUT2D eigenvalue weighted by Crippen LogP contribution is 2.26. The summed E-state index contributed by atoms with van der Waals surface area (Å²) in [5.41, 5.74) is 1.69. The molecular weight excluding hydrogens is 308 g/mol. The zero-order valence-corrected chi connectivity index (χ0v) is 13.5. The average Bonchev–Trinajstić information content (AvgIpc) is 3.24. The molecule has 1 fully saturated rings. The highest BCUT2D eigenvalue weighted by molar-refractivity contribution is 6.00. The van der Waals surface area contributed by atoms with E-state index in [9.17, 15) is 9.59 Å². The second-order valence-corrected chi connectivity index (χ2v) is 5.70. The lowest BCUT2D eigenvalue weighted by atomic mass is 10.1. The topological polar surface area (TPSA) is 87.3 Å². The van der Waals surface area contributed by atoms with Crippen molar-refractivity contribution >= 4 is 17.5 Å². The summed E-state index contributed by atoms with van der Waals surface area (Å²) in [5.74, 6) is 0.291. The van der Waals surface area contributed by atoms with Crippen LogP contribution in [0.1, 0.15) is 12.1 Å². The molecule has 1 atom stereocenters. The van der Waals surface area contributed by atoms with Gasteiger partial charge < -0.3 is 19.9 Å². The number of anilines is 1. The van der Waals surface area contributed by atoms with Crippen molar-refractivity contribution in [2.45, 2.75) is 12.8 Å². The van der Waals surface area contributed by atoms with Crippen LogP contribution in [-0.4, -0.2) is 42.0 Å². The minimum absolute atomic E-state index is 0.0346. The Balaban J connectivity index is 1.54. The van der Waals surface area contributed by atoms with Gasteiger partial charge in [0, 0.05) is 37.8 Å². The molecule has 0 spiro atoms. The maximum atomic E-state index is 12.3. The number of hydrogen-bond acceptors (Lipinski definition) is 4. The van der Waals surface area contributed by atoms with Gasteiger partial charge in [-0.05, 0) is 24.3 Å². The van der Waals surface area contributed by atoms with Crippen LogP contribution < -0.4 is 15.0 Å². The summed E-state index contributed by atoms with van der Waals surface area (Å²) in [5, 5.41) is 2.88. The standard InChI is InChI=1S/C17H20N4O3/c1-24-15-4-2-14(3-5-15)21-10-12(8-16(21)22)17(23)19-7-6-13-9-18-11-20-13/h2-5,9,11-12H,6-8,10H2,1H3,(H,18,20)(H,19,23). The van der Waals surface area contributed by atoms with E-state index in [1.54, 1.807) is 36.7 Å². The molecule has 24 heavy (non-hydrogen) atoms. The van der Waals surface area contributed by atoms with E-state index in [0.717, 1.165) is 17.1 Å². The van der Waals surface area contributed by atoms with E-state index in [-0.39, 0.29) is 24.2 Å². The number of carbonyl (C=O) groups excluding carboxylic acids is 2. The summed E-state index contributed by atoms with van der Waals surface area (Å²) in [4.78, 5) is 33.1. The highest BCUT2D eigenvalue weighted by atomic mass is 16.5. The van der Waals surface area contributed by atoms with Crippen molar-refractivity contribution in [1.82, 2.24) is 15.3 Å². The molecule has 1 aliphatic heterocycles. The van der Waals surface area contributed by atoms with Crippen LogP contribution in [0.4, 0.5) is 5.69 Å². The van der Waals surface area contributed by atoms with Crippen LogP contribution in [-0.2, 0) is 16.0 Å². The van der Waals surface area contributed by atoms with Crippen molar-refractivity contribution in [3.63, 3.8) is 0 Å². The van der Waals surface area contributed by atoms with E-state index in [1.807, 2.05) is 12.1 Å². The van der Waals surface area contributed by atoms with Crippen LogP contribution in [0.3, 0.4) is 0 Å². The molecule has 3 rings (SSSR count). The lowest BCUT2D eigenvalue weighted by Crippen LogP contribution is -2.34. The normalized spacial score (nSPS) is 17.1. The van der Waals surface area contributed by atoms with Gasteiger partial charge in [0.2, 0.25) is 11.8 Å². The Morgan fingerprint density at radius 3 is 2.88 bits per heavy atom. The predicted molar refractivity (Wildman–Crippen MR) is 88.8 cm³/mol. The molecule has 0 aliphatic carbocycles. The summed E-state index contributed by atoms with van der Waals surface area (Å²) in [7, 11) is 1.60. The van der Waals surface area contributed by atoms with Crippen molar-refractivity contribution in [2.24, 2.45) is 5.92 Å². The molecule has 126 valence electrons. The van der Waals surface area contributed by atoms with Gasteiger partial charge in [-0.3, -0.25) is 9.59 Å². The van der Waals surface area contributed by atoms with Gasteiger partial charge >= 0.3 is 0 Å². The molecule has 7 nitrogen and oxygen atoms in total. The summed E-state index contributed by atoms with van der Waals surface area (Å²) < 4.78 is 5.12. The van der Waals surface area contributed by atoms with E-state index in [2.05, 4.69) is 15.3 Å². The predicted octanol–water partition coefficient (Wildman–Crippen LogP) is 1.13. The maximum Gasteiger partial charge on any atom is 0.227 e. The highest BCUT2D eigenvalue weighted by Gasteiger charge is 2.34. The molecule has 1 unspecified atom stereocenters. The zero-order valence-electron chi connectivity index (χ0n) is 13.5. The largest absolute Gasteiger partial charge is 0.497 e. The minimum atomic E-state index is -0.321. The number of aromatic nitrogens is 2. The number of nitrogens with one attached hydrogen (secondary N) is 2. The van der Waals surface area contributed by atoms with Crippen LogP contribution >= 0.6 is 0 Å². The quantitative estimate of drug-likeness (QED) is 0.832. The number of hydrogen-bond donors (Lipinski definition) is 2. The third-order valence-corrected chi connectivity index (χ3v) is 4.12. The maximum absolute atomic E-state index is 12.3. The van der Waals surface area contributed by atoms with Crippen molar-refractivity contribution in [1.29, 1.82) is 0 Å². The smallest absolute Gasteiger partial charge is 0.227 e. The molecule has 1 aliphatic rings. The molecule has 0 saturated carbocycles. The minimum Gasteiger partial charge on any atom is -0.497 e. The van der Waals surface area contributed by atoms with E-state index in [0.29, 0.717) is 19.5 Å². The fourth-order valence-electron chi connectivity index (χ4n) is 2.78. The SMILES string of the molecule is COc1ccc(N2CC(C(=O)NCCc3c[nH]cn3)CC2=O)cc1. The lowest BCUT2D eigenvalue weighted by molar-refractivity contribution is -0.126. The first-order valence-corrected chi connectivity index (χ1v) is 7.87. The Labute approximate surface area is 140 Å². The van der Waals surface area contributed by atoms with Gasteiger partial charge in [-0.1, -0.05) is 0 Å². The Morgan fingerprint density at radius 2 is 2.21 bits per heavy atom. The fourth-order valence-corrected chi connectivity index (χ4v) is 2.78. The van der Waals surface area contributed by atoms with Crippen molar-refractivity contribution in [3.8, 4) is 5.75 Å². The molecule has 0 radical (unpaired) electrons. The molecule has 2 aromatic rings. The molecule has 2 heterocycles. The summed E-state index contributed by atoms with van der Waals surface area (Å²) >= 11 is 0. The van der Waals surface area contributed by atoms with Gasteiger partial charge in [0.25, 0.3) is 0 Å². The first kappa shape index (κ1) is 16.0. The number of nitrogens with zero attached hydrogens (tertiary/aromatic N) is 2. The zero-order chi connectivity index (χ0) is 16.9. The van der Waals surface area contributed by atoms with Crippen LogP contribution in [0.25, 0.3) is 0 Å². The van der Waals surface area contributed by atoms with Gasteiger partial charge in [-0.15, -0.1) is 0 Å². The van der Waals surface area contributed by atoms with Crippen LogP contribution in [0.15, 0.2) is 36.8 Å². The van der Waals surface area contributed by atoms with E-state index >= 15 is 0 Å². The van der Waals surface area contributed by atoms with E-state index < -0.39 is 0 Å². The van der Waals surface area contributed by atoms with Crippen LogP contribution in [0.2, 0.25) is 0 Å². The van der Waals surface area contributed by atoms with Crippen LogP contribution in [0.5, 0.6) is 5.75 Å². The first-order valence-electron chi connectivity index (χ1n) is 7.87. The number of amides is 2. The number of rotatable bonds is 6. The van der Waals surface area contributed by atoms with Gasteiger partial charge in [-0.25, -0.2) is 4.98 Å². The first-order chi connectivity index (χ1) is 11.7. The van der Waals surface area contributed by atoms with Crippen molar-refractivity contribution < 1.29 is 14.3 Å². The van der Waals surface area contributed by atoms with E-state index in [1.165, 1.54) is 0 Å². The molecule has 1 aromatic carbocycles. The number of aromatic amines is 1. The Hall–Kier alpha value is -2.83. The second-order valence-electron chi connectivity index (χ2n) is 5.70. The third kappa shape index (κ3) is 3.56. The molecule has 0 bridgehead atoms. The lowest BCUT2D eigenvalue weighted by Gasteiger charge is -2.17. The molecule has 1 aromatic heterocycles. The summed E-state index contributed by atoms with van der Waals surface area (Å²) in [6.07, 6.45) is 4.31. The van der Waals surface area contributed by atoms with Gasteiger partial charge in [-0.2, -0.15) is 0 Å². The van der Waals surface area contributed by atoms with E-state index in [4.69, 9.17) is 4.74 Å². The fraction of sp³-hybridized carbons (Fsp3) is 0.353. The number of imidazole rings is 1.